The fraction of sp³-hybridized carbons (Fsp3) is 0.500. The van der Waals surface area contributed by atoms with E-state index in [0.717, 1.165) is 17.1 Å². The van der Waals surface area contributed by atoms with Crippen LogP contribution in [0.5, 0.6) is 0 Å². The van der Waals surface area contributed by atoms with Gasteiger partial charge in [0, 0.05) is 31.9 Å². The van der Waals surface area contributed by atoms with E-state index >= 15 is 0 Å². The number of pyridine rings is 1. The van der Waals surface area contributed by atoms with Crippen LogP contribution in [0, 0.1) is 25.2 Å². The van der Waals surface area contributed by atoms with Crippen LogP contribution in [0.25, 0.3) is 0 Å². The van der Waals surface area contributed by atoms with Crippen LogP contribution >= 0.6 is 0 Å². The van der Waals surface area contributed by atoms with Crippen molar-refractivity contribution in [2.45, 2.75) is 13.8 Å². The monoisotopic (exact) mass is 274 g/mol. The van der Waals surface area contributed by atoms with Crippen LogP contribution in [0.4, 0.5) is 5.82 Å². The van der Waals surface area contributed by atoms with Gasteiger partial charge >= 0.3 is 5.97 Å². The van der Waals surface area contributed by atoms with Crippen LogP contribution in [-0.2, 0) is 4.79 Å². The summed E-state index contributed by atoms with van der Waals surface area (Å²) in [4.78, 5) is 19.1. The molecule has 0 atom stereocenters. The summed E-state index contributed by atoms with van der Waals surface area (Å²) in [6.07, 6.45) is 0. The zero-order valence-electron chi connectivity index (χ0n) is 11.8. The van der Waals surface area contributed by atoms with Gasteiger partial charge in [-0.3, -0.25) is 9.69 Å². The minimum absolute atomic E-state index is 0.0687. The molecule has 1 saturated heterocycles. The first-order valence-electron chi connectivity index (χ1n) is 6.58. The second-order valence-corrected chi connectivity index (χ2v) is 5.05. The van der Waals surface area contributed by atoms with Gasteiger partial charge in [-0.25, -0.2) is 4.98 Å². The van der Waals surface area contributed by atoms with Gasteiger partial charge in [-0.2, -0.15) is 5.26 Å². The molecule has 20 heavy (non-hydrogen) atoms. The zero-order valence-corrected chi connectivity index (χ0v) is 11.8. The highest BCUT2D eigenvalue weighted by molar-refractivity contribution is 5.69. The lowest BCUT2D eigenvalue weighted by Gasteiger charge is -2.35. The summed E-state index contributed by atoms with van der Waals surface area (Å²) in [5, 5.41) is 18.1. The van der Waals surface area contributed by atoms with Crippen molar-refractivity contribution in [3.63, 3.8) is 0 Å². The van der Waals surface area contributed by atoms with Gasteiger partial charge in [-0.15, -0.1) is 0 Å². The van der Waals surface area contributed by atoms with Crippen molar-refractivity contribution in [1.29, 1.82) is 5.26 Å². The first kappa shape index (κ1) is 14.3. The molecule has 1 fully saturated rings. The minimum Gasteiger partial charge on any atom is -0.480 e. The molecule has 1 aromatic heterocycles. The molecule has 0 radical (unpaired) electrons. The minimum atomic E-state index is -0.805. The molecular formula is C14H18N4O2. The predicted octanol–water partition coefficient (Wildman–Crippen LogP) is 0.777. The van der Waals surface area contributed by atoms with Crippen LogP contribution in [0.3, 0.4) is 0 Å². The number of aryl methyl sites for hydroxylation is 2. The SMILES string of the molecule is Cc1cc(C)c(C#N)c(N2CCN(CC(=O)O)CC2)n1. The van der Waals surface area contributed by atoms with Crippen molar-refractivity contribution in [2.75, 3.05) is 37.6 Å². The van der Waals surface area contributed by atoms with Crippen molar-refractivity contribution in [3.05, 3.63) is 22.9 Å². The summed E-state index contributed by atoms with van der Waals surface area (Å²) in [6.45, 7) is 6.63. The number of rotatable bonds is 3. The highest BCUT2D eigenvalue weighted by Gasteiger charge is 2.22. The molecule has 0 spiro atoms. The number of piperazine rings is 1. The molecule has 6 heteroatoms. The Labute approximate surface area is 118 Å². The molecule has 106 valence electrons. The number of nitrogens with zero attached hydrogens (tertiary/aromatic N) is 4. The lowest BCUT2D eigenvalue weighted by molar-refractivity contribution is -0.138. The Morgan fingerprint density at radius 1 is 1.40 bits per heavy atom. The van der Waals surface area contributed by atoms with Crippen molar-refractivity contribution < 1.29 is 9.90 Å². The third-order valence-corrected chi connectivity index (χ3v) is 3.47. The van der Waals surface area contributed by atoms with Gasteiger partial charge in [0.05, 0.1) is 12.1 Å². The van der Waals surface area contributed by atoms with E-state index in [-0.39, 0.29) is 6.54 Å². The van der Waals surface area contributed by atoms with Crippen LogP contribution < -0.4 is 4.90 Å². The first-order chi connectivity index (χ1) is 9.51. The molecule has 2 rings (SSSR count). The normalized spacial score (nSPS) is 15.9. The zero-order chi connectivity index (χ0) is 14.7. The molecule has 0 amide bonds. The molecule has 2 heterocycles. The molecule has 0 saturated carbocycles. The topological polar surface area (TPSA) is 80.5 Å². The number of aliphatic carboxylic acids is 1. The lowest BCUT2D eigenvalue weighted by Crippen LogP contribution is -2.48. The van der Waals surface area contributed by atoms with E-state index in [4.69, 9.17) is 5.11 Å². The molecule has 0 unspecified atom stereocenters. The van der Waals surface area contributed by atoms with Gasteiger partial charge < -0.3 is 10.0 Å². The molecular weight excluding hydrogens is 256 g/mol. The van der Waals surface area contributed by atoms with Crippen molar-refractivity contribution in [3.8, 4) is 6.07 Å². The number of hydrogen-bond acceptors (Lipinski definition) is 5. The first-order valence-corrected chi connectivity index (χ1v) is 6.58. The Morgan fingerprint density at radius 2 is 2.05 bits per heavy atom. The molecule has 1 aliphatic rings. The van der Waals surface area contributed by atoms with E-state index in [2.05, 4.69) is 16.0 Å². The number of hydrogen-bond donors (Lipinski definition) is 1. The van der Waals surface area contributed by atoms with Gasteiger partial charge in [0.2, 0.25) is 0 Å². The van der Waals surface area contributed by atoms with Gasteiger partial charge in [0.15, 0.2) is 0 Å². The largest absolute Gasteiger partial charge is 0.480 e. The second-order valence-electron chi connectivity index (χ2n) is 5.05. The van der Waals surface area contributed by atoms with E-state index in [9.17, 15) is 10.1 Å². The summed E-state index contributed by atoms with van der Waals surface area (Å²) in [5.41, 5.74) is 2.44. The van der Waals surface area contributed by atoms with Crippen LogP contribution in [0.1, 0.15) is 16.8 Å². The van der Waals surface area contributed by atoms with Crippen LogP contribution in [-0.4, -0.2) is 53.7 Å². The maximum Gasteiger partial charge on any atom is 0.317 e. The van der Waals surface area contributed by atoms with Gasteiger partial charge in [0.25, 0.3) is 0 Å². The Morgan fingerprint density at radius 3 is 2.60 bits per heavy atom. The number of nitriles is 1. The predicted molar refractivity (Wildman–Crippen MR) is 74.7 cm³/mol. The standard InChI is InChI=1S/C14H18N4O2/c1-10-7-11(2)16-14(12(10)8-15)18-5-3-17(4-6-18)9-13(19)20/h7H,3-6,9H2,1-2H3,(H,19,20). The molecule has 1 N–H and O–H groups in total. The van der Waals surface area contributed by atoms with E-state index in [1.165, 1.54) is 0 Å². The van der Waals surface area contributed by atoms with Gasteiger partial charge in [0.1, 0.15) is 11.9 Å². The average Bonchev–Trinajstić information content (AvgIpc) is 2.38. The summed E-state index contributed by atoms with van der Waals surface area (Å²) in [5.74, 6) is -0.0827. The number of carbonyl (C=O) groups is 1. The summed E-state index contributed by atoms with van der Waals surface area (Å²) in [6, 6.07) is 4.13. The molecule has 1 aromatic rings. The molecule has 0 aromatic carbocycles. The van der Waals surface area contributed by atoms with Crippen molar-refractivity contribution in [2.24, 2.45) is 0 Å². The highest BCUT2D eigenvalue weighted by Crippen LogP contribution is 2.22. The van der Waals surface area contributed by atoms with Crippen LogP contribution in [0.2, 0.25) is 0 Å². The highest BCUT2D eigenvalue weighted by atomic mass is 16.4. The third kappa shape index (κ3) is 3.06. The van der Waals surface area contributed by atoms with Crippen LogP contribution in [0.15, 0.2) is 6.07 Å². The van der Waals surface area contributed by atoms with Crippen molar-refractivity contribution in [1.82, 2.24) is 9.88 Å². The number of anilines is 1. The summed E-state index contributed by atoms with van der Waals surface area (Å²) < 4.78 is 0. The molecule has 6 nitrogen and oxygen atoms in total. The molecule has 0 aliphatic carbocycles. The van der Waals surface area contributed by atoms with E-state index in [1.807, 2.05) is 24.8 Å². The number of carboxylic acids is 1. The maximum atomic E-state index is 10.7. The van der Waals surface area contributed by atoms with E-state index in [0.29, 0.717) is 31.7 Å². The quantitative estimate of drug-likeness (QED) is 0.877. The Hall–Kier alpha value is -2.13. The molecule has 1 aliphatic heterocycles. The summed E-state index contributed by atoms with van der Waals surface area (Å²) in [7, 11) is 0. The van der Waals surface area contributed by atoms with Gasteiger partial charge in [-0.1, -0.05) is 0 Å². The lowest BCUT2D eigenvalue weighted by atomic mass is 10.1. The fourth-order valence-corrected chi connectivity index (χ4v) is 2.49. The third-order valence-electron chi connectivity index (χ3n) is 3.47. The summed E-state index contributed by atoms with van der Waals surface area (Å²) >= 11 is 0. The van der Waals surface area contributed by atoms with Gasteiger partial charge in [-0.05, 0) is 25.5 Å². The average molecular weight is 274 g/mol. The van der Waals surface area contributed by atoms with E-state index in [1.54, 1.807) is 0 Å². The maximum absolute atomic E-state index is 10.7. The van der Waals surface area contributed by atoms with Crippen molar-refractivity contribution >= 4 is 11.8 Å². The number of carboxylic acid groups (broad SMARTS) is 1. The Bertz CT molecular complexity index is 557. The fourth-order valence-electron chi connectivity index (χ4n) is 2.49. The number of aromatic nitrogens is 1. The Balaban J connectivity index is 2.15. The smallest absolute Gasteiger partial charge is 0.317 e. The van der Waals surface area contributed by atoms with E-state index < -0.39 is 5.97 Å². The Kier molecular flexibility index (Phi) is 4.20. The molecule has 0 bridgehead atoms. The second kappa shape index (κ2) is 5.88.